The molecule has 0 radical (unpaired) electrons. The molecule has 1 aliphatic rings. The Morgan fingerprint density at radius 3 is 2.64 bits per heavy atom. The predicted molar refractivity (Wildman–Crippen MR) is 126 cm³/mol. The van der Waals surface area contributed by atoms with Gasteiger partial charge in [-0.05, 0) is 42.0 Å². The first-order valence-corrected chi connectivity index (χ1v) is 11.7. The summed E-state index contributed by atoms with van der Waals surface area (Å²) in [5, 5.41) is 9.80. The second kappa shape index (κ2) is 11.5. The monoisotopic (exact) mass is 472 g/mol. The number of unbranched alkanes of at least 4 members (excludes halogenated alkanes) is 1. The van der Waals surface area contributed by atoms with Crippen molar-refractivity contribution in [1.29, 1.82) is 0 Å². The fourth-order valence-electron chi connectivity index (χ4n) is 3.53. The van der Waals surface area contributed by atoms with Crippen LogP contribution in [0.3, 0.4) is 0 Å². The Morgan fingerprint density at radius 1 is 1.18 bits per heavy atom. The van der Waals surface area contributed by atoms with Crippen LogP contribution in [0.2, 0.25) is 0 Å². The molecular formula is C23H28N4O5S. The molecule has 2 heterocycles. The van der Waals surface area contributed by atoms with Crippen LogP contribution in [0, 0.1) is 0 Å². The summed E-state index contributed by atoms with van der Waals surface area (Å²) in [7, 11) is 1.26. The molecule has 0 unspecified atom stereocenters. The molecule has 0 bridgehead atoms. The van der Waals surface area contributed by atoms with E-state index < -0.39 is 29.9 Å². The van der Waals surface area contributed by atoms with Crippen molar-refractivity contribution in [2.24, 2.45) is 0 Å². The Bertz CT molecular complexity index is 1000. The van der Waals surface area contributed by atoms with Gasteiger partial charge in [-0.2, -0.15) is 0 Å². The molecule has 176 valence electrons. The molecule has 1 fully saturated rings. The van der Waals surface area contributed by atoms with Crippen molar-refractivity contribution in [2.45, 2.75) is 38.6 Å². The minimum atomic E-state index is -0.970. The third-order valence-electron chi connectivity index (χ3n) is 5.30. The Hall–Kier alpha value is -3.40. The highest BCUT2D eigenvalue weighted by Crippen LogP contribution is 2.24. The molecular weight excluding hydrogens is 444 g/mol. The summed E-state index contributed by atoms with van der Waals surface area (Å²) in [6, 6.07) is 7.78. The molecule has 10 heteroatoms. The van der Waals surface area contributed by atoms with Gasteiger partial charge in [-0.15, -0.1) is 11.3 Å². The van der Waals surface area contributed by atoms with Gasteiger partial charge in [0.2, 0.25) is 11.8 Å². The van der Waals surface area contributed by atoms with E-state index in [-0.39, 0.29) is 17.8 Å². The lowest BCUT2D eigenvalue weighted by atomic mass is 10.1. The summed E-state index contributed by atoms with van der Waals surface area (Å²) in [4.78, 5) is 51.5. The number of carbonyl (C=O) groups is 4. The minimum Gasteiger partial charge on any atom is -0.465 e. The summed E-state index contributed by atoms with van der Waals surface area (Å²) < 4.78 is 4.71. The van der Waals surface area contributed by atoms with Crippen molar-refractivity contribution >= 4 is 46.5 Å². The summed E-state index contributed by atoms with van der Waals surface area (Å²) in [6.07, 6.45) is 2.95. The first-order valence-electron chi connectivity index (χ1n) is 10.8. The predicted octanol–water partition coefficient (Wildman–Crippen LogP) is 3.24. The average molecular weight is 473 g/mol. The van der Waals surface area contributed by atoms with Gasteiger partial charge in [-0.25, -0.2) is 9.59 Å². The zero-order valence-electron chi connectivity index (χ0n) is 18.7. The quantitative estimate of drug-likeness (QED) is 0.510. The zero-order chi connectivity index (χ0) is 23.8. The van der Waals surface area contributed by atoms with Gasteiger partial charge < -0.3 is 25.6 Å². The van der Waals surface area contributed by atoms with Crippen molar-refractivity contribution in [2.75, 3.05) is 30.8 Å². The van der Waals surface area contributed by atoms with Gasteiger partial charge >= 0.3 is 12.0 Å². The number of aryl methyl sites for hydroxylation is 1. The molecule has 3 N–H and O–H groups in total. The van der Waals surface area contributed by atoms with Crippen LogP contribution in [0.1, 0.15) is 41.4 Å². The topological polar surface area (TPSA) is 117 Å². The molecule has 1 aromatic carbocycles. The van der Waals surface area contributed by atoms with Gasteiger partial charge in [0.1, 0.15) is 10.9 Å². The van der Waals surface area contributed by atoms with Crippen LogP contribution < -0.4 is 16.0 Å². The fraction of sp³-hybridized carbons (Fsp3) is 0.391. The average Bonchev–Trinajstić information content (AvgIpc) is 3.27. The highest BCUT2D eigenvalue weighted by molar-refractivity contribution is 7.12. The number of hydrogen-bond acceptors (Lipinski definition) is 6. The zero-order valence-corrected chi connectivity index (χ0v) is 19.5. The largest absolute Gasteiger partial charge is 0.465 e. The van der Waals surface area contributed by atoms with Gasteiger partial charge in [0.25, 0.3) is 0 Å². The number of nitrogens with zero attached hydrogens (tertiary/aromatic N) is 1. The Labute approximate surface area is 196 Å². The standard InChI is InChI=1S/C23H28N4O5S/c1-3-4-5-15-6-8-16(9-7-15)25-23(31)27-12-11-24-21(29)18(27)14-19(28)26-17-10-13-33-20(17)22(30)32-2/h6-10,13,18H,3-5,11-12,14H2,1-2H3,(H,24,29)(H,25,31)(H,26,28)/t18-/m0/s1. The van der Waals surface area contributed by atoms with E-state index in [1.54, 1.807) is 11.4 Å². The summed E-state index contributed by atoms with van der Waals surface area (Å²) >= 11 is 1.14. The molecule has 9 nitrogen and oxygen atoms in total. The molecule has 4 amide bonds. The summed E-state index contributed by atoms with van der Waals surface area (Å²) in [5.41, 5.74) is 2.13. The van der Waals surface area contributed by atoms with Crippen LogP contribution in [0.4, 0.5) is 16.2 Å². The summed E-state index contributed by atoms with van der Waals surface area (Å²) in [5.74, 6) is -1.45. The Morgan fingerprint density at radius 2 is 1.94 bits per heavy atom. The molecule has 1 aromatic heterocycles. The number of ether oxygens (including phenoxy) is 1. The van der Waals surface area contributed by atoms with E-state index in [9.17, 15) is 19.2 Å². The number of amides is 4. The number of thiophene rings is 1. The fourth-order valence-corrected chi connectivity index (χ4v) is 4.29. The smallest absolute Gasteiger partial charge is 0.350 e. The van der Waals surface area contributed by atoms with E-state index in [0.717, 1.165) is 30.6 Å². The molecule has 1 atom stereocenters. The maximum Gasteiger partial charge on any atom is 0.350 e. The second-order valence-corrected chi connectivity index (χ2v) is 8.55. The van der Waals surface area contributed by atoms with Gasteiger partial charge in [0, 0.05) is 18.8 Å². The molecule has 2 aromatic rings. The number of carbonyl (C=O) groups excluding carboxylic acids is 4. The molecule has 0 saturated carbocycles. The minimum absolute atomic E-state index is 0.244. The van der Waals surface area contributed by atoms with E-state index in [4.69, 9.17) is 4.74 Å². The van der Waals surface area contributed by atoms with Gasteiger partial charge in [0.15, 0.2) is 0 Å². The van der Waals surface area contributed by atoms with Crippen molar-refractivity contribution in [3.05, 3.63) is 46.2 Å². The SMILES string of the molecule is CCCCc1ccc(NC(=O)N2CCNC(=O)[C@@H]2CC(=O)Nc2ccsc2C(=O)OC)cc1. The first kappa shape index (κ1) is 24.2. The first-order chi connectivity index (χ1) is 15.9. The molecule has 33 heavy (non-hydrogen) atoms. The van der Waals surface area contributed by atoms with Gasteiger partial charge in [-0.3, -0.25) is 9.59 Å². The van der Waals surface area contributed by atoms with Crippen LogP contribution >= 0.6 is 11.3 Å². The molecule has 0 aliphatic carbocycles. The maximum absolute atomic E-state index is 12.9. The van der Waals surface area contributed by atoms with Crippen molar-refractivity contribution in [1.82, 2.24) is 10.2 Å². The van der Waals surface area contributed by atoms with E-state index >= 15 is 0 Å². The van der Waals surface area contributed by atoms with Crippen LogP contribution in [0.5, 0.6) is 0 Å². The lowest BCUT2D eigenvalue weighted by molar-refractivity contribution is -0.130. The number of hydrogen-bond donors (Lipinski definition) is 3. The lowest BCUT2D eigenvalue weighted by Crippen LogP contribution is -2.59. The van der Waals surface area contributed by atoms with Crippen LogP contribution in [0.15, 0.2) is 35.7 Å². The third kappa shape index (κ3) is 6.32. The van der Waals surface area contributed by atoms with E-state index in [1.165, 1.54) is 17.6 Å². The van der Waals surface area contributed by atoms with Crippen molar-refractivity contribution in [3.63, 3.8) is 0 Å². The number of urea groups is 1. The molecule has 1 aliphatic heterocycles. The van der Waals surface area contributed by atoms with Gasteiger partial charge in [0.05, 0.1) is 19.2 Å². The molecule has 1 saturated heterocycles. The number of rotatable bonds is 8. The Balaban J connectivity index is 1.64. The molecule has 0 spiro atoms. The van der Waals surface area contributed by atoms with E-state index in [2.05, 4.69) is 22.9 Å². The van der Waals surface area contributed by atoms with Crippen LogP contribution in [-0.4, -0.2) is 55.0 Å². The maximum atomic E-state index is 12.9. The number of anilines is 2. The van der Waals surface area contributed by atoms with Gasteiger partial charge in [-0.1, -0.05) is 25.5 Å². The third-order valence-corrected chi connectivity index (χ3v) is 6.20. The molecule has 3 rings (SSSR count). The highest BCUT2D eigenvalue weighted by atomic mass is 32.1. The Kier molecular flexibility index (Phi) is 8.42. The number of methoxy groups -OCH3 is 1. The van der Waals surface area contributed by atoms with Crippen molar-refractivity contribution < 1.29 is 23.9 Å². The van der Waals surface area contributed by atoms with Crippen molar-refractivity contribution in [3.8, 4) is 0 Å². The van der Waals surface area contributed by atoms with Crippen LogP contribution in [0.25, 0.3) is 0 Å². The van der Waals surface area contributed by atoms with E-state index in [0.29, 0.717) is 17.9 Å². The number of esters is 1. The normalized spacial score (nSPS) is 15.5. The highest BCUT2D eigenvalue weighted by Gasteiger charge is 2.35. The number of nitrogens with one attached hydrogen (secondary N) is 3. The van der Waals surface area contributed by atoms with E-state index in [1.807, 2.05) is 24.3 Å². The number of benzene rings is 1. The lowest BCUT2D eigenvalue weighted by Gasteiger charge is -2.34. The van der Waals surface area contributed by atoms with Crippen LogP contribution in [-0.2, 0) is 20.7 Å². The number of piperazine rings is 1. The summed E-state index contributed by atoms with van der Waals surface area (Å²) in [6.45, 7) is 2.71. The second-order valence-electron chi connectivity index (χ2n) is 7.64.